The third-order valence-corrected chi connectivity index (χ3v) is 5.32. The number of nitro benzene ring substituents is 1. The van der Waals surface area contributed by atoms with Crippen LogP contribution in [0.2, 0.25) is 0 Å². The van der Waals surface area contributed by atoms with E-state index in [0.29, 0.717) is 5.56 Å². The highest BCUT2D eigenvalue weighted by Crippen LogP contribution is 2.39. The Kier molecular flexibility index (Phi) is 7.16. The van der Waals surface area contributed by atoms with E-state index in [1.54, 1.807) is 24.3 Å². The van der Waals surface area contributed by atoms with Gasteiger partial charge in [-0.25, -0.2) is 0 Å². The molecular formula is C21H19BrN2O7. The lowest BCUT2D eigenvalue weighted by Crippen LogP contribution is -2.33. The van der Waals surface area contributed by atoms with Crippen LogP contribution in [0.5, 0.6) is 0 Å². The molecule has 9 nitrogen and oxygen atoms in total. The summed E-state index contributed by atoms with van der Waals surface area (Å²) < 4.78 is 6.04. The molecule has 0 radical (unpaired) electrons. The normalized spacial score (nSPS) is 17.9. The third kappa shape index (κ3) is 4.82. The van der Waals surface area contributed by atoms with Crippen molar-refractivity contribution < 1.29 is 29.5 Å². The number of rotatable bonds is 8. The predicted octanol–water partition coefficient (Wildman–Crippen LogP) is 2.79. The number of aliphatic hydroxyl groups excluding tert-OH is 2. The van der Waals surface area contributed by atoms with Gasteiger partial charge in [0.05, 0.1) is 36.4 Å². The first-order valence-corrected chi connectivity index (χ1v) is 10.1. The van der Waals surface area contributed by atoms with E-state index in [1.165, 1.54) is 29.2 Å². The van der Waals surface area contributed by atoms with Gasteiger partial charge in [-0.2, -0.15) is 0 Å². The minimum Gasteiger partial charge on any atom is -0.507 e. The van der Waals surface area contributed by atoms with Gasteiger partial charge in [-0.15, -0.1) is 0 Å². The van der Waals surface area contributed by atoms with E-state index in [2.05, 4.69) is 15.9 Å². The molecule has 1 heterocycles. The first-order chi connectivity index (χ1) is 14.8. The van der Waals surface area contributed by atoms with Crippen LogP contribution >= 0.6 is 15.9 Å². The summed E-state index contributed by atoms with van der Waals surface area (Å²) in [5, 5.41) is 30.6. The summed E-state index contributed by atoms with van der Waals surface area (Å²) in [6.07, 6.45) is 0. The summed E-state index contributed by atoms with van der Waals surface area (Å²) in [7, 11) is 0. The van der Waals surface area contributed by atoms with Crippen LogP contribution in [0.25, 0.3) is 5.76 Å². The summed E-state index contributed by atoms with van der Waals surface area (Å²) in [4.78, 5) is 37.2. The fraction of sp³-hybridized carbons (Fsp3) is 0.238. The first-order valence-electron chi connectivity index (χ1n) is 9.32. The van der Waals surface area contributed by atoms with Crippen molar-refractivity contribution in [1.82, 2.24) is 4.90 Å². The zero-order valence-electron chi connectivity index (χ0n) is 16.2. The molecule has 31 heavy (non-hydrogen) atoms. The van der Waals surface area contributed by atoms with Crippen LogP contribution in [-0.4, -0.2) is 58.1 Å². The Morgan fingerprint density at radius 2 is 1.74 bits per heavy atom. The Balaban J connectivity index is 2.05. The van der Waals surface area contributed by atoms with Gasteiger partial charge in [0, 0.05) is 28.7 Å². The smallest absolute Gasteiger partial charge is 0.295 e. The lowest BCUT2D eigenvalue weighted by molar-refractivity contribution is -0.384. The molecule has 1 atom stereocenters. The van der Waals surface area contributed by atoms with Gasteiger partial charge in [0.2, 0.25) is 0 Å². The maximum atomic E-state index is 12.8. The summed E-state index contributed by atoms with van der Waals surface area (Å²) in [6.45, 7) is 0.0886. The van der Waals surface area contributed by atoms with Gasteiger partial charge < -0.3 is 19.8 Å². The van der Waals surface area contributed by atoms with Gasteiger partial charge in [0.1, 0.15) is 5.76 Å². The van der Waals surface area contributed by atoms with Crippen molar-refractivity contribution in [3.63, 3.8) is 0 Å². The number of non-ortho nitro benzene ring substituents is 1. The Labute approximate surface area is 185 Å². The number of aliphatic hydroxyl groups is 2. The second-order valence-corrected chi connectivity index (χ2v) is 7.60. The van der Waals surface area contributed by atoms with Crippen LogP contribution in [0.4, 0.5) is 5.69 Å². The topological polar surface area (TPSA) is 130 Å². The third-order valence-electron chi connectivity index (χ3n) is 4.79. The largest absolute Gasteiger partial charge is 0.507 e. The quantitative estimate of drug-likeness (QED) is 0.145. The zero-order valence-corrected chi connectivity index (χ0v) is 17.8. The second kappa shape index (κ2) is 9.82. The Morgan fingerprint density at radius 3 is 2.32 bits per heavy atom. The molecule has 0 spiro atoms. The second-order valence-electron chi connectivity index (χ2n) is 6.68. The number of amides is 1. The van der Waals surface area contributed by atoms with Crippen LogP contribution in [0.3, 0.4) is 0 Å². The molecule has 1 saturated heterocycles. The first kappa shape index (κ1) is 22.6. The number of halogens is 1. The average molecular weight is 491 g/mol. The van der Waals surface area contributed by atoms with Crippen molar-refractivity contribution in [2.24, 2.45) is 0 Å². The predicted molar refractivity (Wildman–Crippen MR) is 114 cm³/mol. The lowest BCUT2D eigenvalue weighted by atomic mass is 9.95. The highest BCUT2D eigenvalue weighted by atomic mass is 79.9. The standard InChI is InChI=1S/C21H19BrN2O7/c22-15-5-1-13(2-6-15)18-17(19(26)14-3-7-16(8-4-14)24(29)30)20(27)21(28)23(18)9-11-31-12-10-25/h1-8,18,25-26H,9-12H2/b19-17+. The highest BCUT2D eigenvalue weighted by Gasteiger charge is 2.45. The molecule has 1 aliphatic rings. The fourth-order valence-corrected chi connectivity index (χ4v) is 3.59. The van der Waals surface area contributed by atoms with E-state index in [4.69, 9.17) is 9.84 Å². The molecule has 0 aliphatic carbocycles. The van der Waals surface area contributed by atoms with Gasteiger partial charge in [-0.05, 0) is 29.8 Å². The average Bonchev–Trinajstić information content (AvgIpc) is 3.01. The molecule has 162 valence electrons. The number of nitro groups is 1. The minimum atomic E-state index is -0.860. The SMILES string of the molecule is O=C1C(=O)N(CCOCCO)C(c2ccc(Br)cc2)/C1=C(\O)c1ccc([N+](=O)[O-])cc1. The number of benzene rings is 2. The zero-order chi connectivity index (χ0) is 22.5. The Hall–Kier alpha value is -3.08. The summed E-state index contributed by atoms with van der Waals surface area (Å²) >= 11 is 3.34. The van der Waals surface area contributed by atoms with Crippen molar-refractivity contribution in [1.29, 1.82) is 0 Å². The van der Waals surface area contributed by atoms with Crippen molar-refractivity contribution in [2.75, 3.05) is 26.4 Å². The van der Waals surface area contributed by atoms with Gasteiger partial charge in [0.15, 0.2) is 0 Å². The van der Waals surface area contributed by atoms with Crippen LogP contribution in [0.1, 0.15) is 17.2 Å². The summed E-state index contributed by atoms with van der Waals surface area (Å²) in [5.74, 6) is -2.06. The maximum absolute atomic E-state index is 12.8. The number of Topliss-reactive ketones (excluding diaryl/α,β-unsaturated/α-hetero) is 1. The Morgan fingerprint density at radius 1 is 1.10 bits per heavy atom. The van der Waals surface area contributed by atoms with E-state index in [9.17, 15) is 24.8 Å². The molecule has 1 unspecified atom stereocenters. The number of hydrogen-bond donors (Lipinski definition) is 2. The molecule has 2 aromatic carbocycles. The number of carbonyl (C=O) groups is 2. The molecule has 0 aromatic heterocycles. The monoisotopic (exact) mass is 490 g/mol. The molecule has 0 saturated carbocycles. The molecule has 0 bridgehead atoms. The van der Waals surface area contributed by atoms with Crippen molar-refractivity contribution in [3.8, 4) is 0 Å². The summed E-state index contributed by atoms with van der Waals surface area (Å²) in [6, 6.07) is 11.2. The van der Waals surface area contributed by atoms with Crippen LogP contribution in [0, 0.1) is 10.1 Å². The van der Waals surface area contributed by atoms with Crippen molar-refractivity contribution in [3.05, 3.63) is 79.8 Å². The molecule has 1 aliphatic heterocycles. The van der Waals surface area contributed by atoms with Crippen LogP contribution < -0.4 is 0 Å². The molecule has 1 amide bonds. The number of ether oxygens (including phenoxy) is 1. The number of carbonyl (C=O) groups excluding carboxylic acids is 2. The lowest BCUT2D eigenvalue weighted by Gasteiger charge is -2.25. The maximum Gasteiger partial charge on any atom is 0.295 e. The van der Waals surface area contributed by atoms with E-state index < -0.39 is 28.4 Å². The summed E-state index contributed by atoms with van der Waals surface area (Å²) in [5.41, 5.74) is 0.515. The van der Waals surface area contributed by atoms with Gasteiger partial charge in [-0.3, -0.25) is 19.7 Å². The van der Waals surface area contributed by atoms with E-state index in [0.717, 1.165) is 4.47 Å². The fourth-order valence-electron chi connectivity index (χ4n) is 3.33. The molecule has 2 aromatic rings. The molecule has 3 rings (SSSR count). The minimum absolute atomic E-state index is 0.0718. The van der Waals surface area contributed by atoms with E-state index in [1.807, 2.05) is 0 Å². The van der Waals surface area contributed by atoms with Gasteiger partial charge in [0.25, 0.3) is 17.4 Å². The Bertz CT molecular complexity index is 1020. The van der Waals surface area contributed by atoms with Crippen molar-refractivity contribution >= 4 is 39.1 Å². The highest BCUT2D eigenvalue weighted by molar-refractivity contribution is 9.10. The van der Waals surface area contributed by atoms with Crippen LogP contribution in [0.15, 0.2) is 58.6 Å². The van der Waals surface area contributed by atoms with Crippen molar-refractivity contribution in [2.45, 2.75) is 6.04 Å². The van der Waals surface area contributed by atoms with E-state index in [-0.39, 0.29) is 43.2 Å². The number of ketones is 1. The van der Waals surface area contributed by atoms with E-state index >= 15 is 0 Å². The van der Waals surface area contributed by atoms with Gasteiger partial charge >= 0.3 is 0 Å². The molecule has 10 heteroatoms. The molecule has 2 N–H and O–H groups in total. The number of hydrogen-bond acceptors (Lipinski definition) is 7. The van der Waals surface area contributed by atoms with Crippen LogP contribution in [-0.2, 0) is 14.3 Å². The number of nitrogens with zero attached hydrogens (tertiary/aromatic N) is 2. The van der Waals surface area contributed by atoms with Gasteiger partial charge in [-0.1, -0.05) is 28.1 Å². The number of likely N-dealkylation sites (tertiary alicyclic amines) is 1. The molecular weight excluding hydrogens is 472 g/mol. The molecule has 1 fully saturated rings.